The summed E-state index contributed by atoms with van der Waals surface area (Å²) in [7, 11) is -4.02. The molecule has 3 atom stereocenters. The summed E-state index contributed by atoms with van der Waals surface area (Å²) in [5.41, 5.74) is 0. The minimum absolute atomic E-state index is 0.0729. The zero-order chi connectivity index (χ0) is 15.2. The Balaban J connectivity index is 1.98. The average Bonchev–Trinajstić information content (AvgIpc) is 3.14. The first-order valence-corrected chi connectivity index (χ1v) is 8.32. The molecule has 0 radical (unpaired) electrons. The highest BCUT2D eigenvalue weighted by Gasteiger charge is 2.46. The van der Waals surface area contributed by atoms with Crippen LogP contribution in [0.4, 0.5) is 0 Å². The predicted octanol–water partition coefficient (Wildman–Crippen LogP) is 1.78. The van der Waals surface area contributed by atoms with E-state index < -0.39 is 21.3 Å². The number of carbonyl (C=O) groups excluding carboxylic acids is 1. The van der Waals surface area contributed by atoms with Crippen molar-refractivity contribution in [3.8, 4) is 0 Å². The van der Waals surface area contributed by atoms with Crippen molar-refractivity contribution in [2.75, 3.05) is 0 Å². The lowest BCUT2D eigenvalue weighted by atomic mass is 10.1. The van der Waals surface area contributed by atoms with Gasteiger partial charge < -0.3 is 9.62 Å². The summed E-state index contributed by atoms with van der Waals surface area (Å²) in [6, 6.07) is 0. The van der Waals surface area contributed by atoms with E-state index in [-0.39, 0.29) is 18.6 Å². The van der Waals surface area contributed by atoms with Crippen LogP contribution in [0.15, 0.2) is 0 Å². The lowest BCUT2D eigenvalue weighted by Gasteiger charge is -2.03. The molecule has 1 saturated heterocycles. The minimum atomic E-state index is -4.02. The maximum atomic E-state index is 10.9. The molecule has 20 heavy (non-hydrogen) atoms. The molecule has 0 aromatic heterocycles. The Labute approximate surface area is 118 Å². The zero-order valence-corrected chi connectivity index (χ0v) is 12.3. The normalized spacial score (nSPS) is 23.4. The molecule has 0 aliphatic carbocycles. The van der Waals surface area contributed by atoms with Crippen LogP contribution in [-0.2, 0) is 24.5 Å². The van der Waals surface area contributed by atoms with Gasteiger partial charge in [0.05, 0.1) is 6.10 Å². The molecule has 1 rings (SSSR count). The van der Waals surface area contributed by atoms with Crippen LogP contribution in [-0.4, -0.2) is 41.7 Å². The standard InChI is InChI=1S/C12H22O7S/c1-9(20(15,16)17)12-10(18-12)7-5-3-2-4-6-8-11(13)19-14/h9-10,12,14H,2-8H2,1H3,(H,15,16,17). The number of unbranched alkanes of at least 4 members (excludes halogenated alkanes) is 4. The molecule has 7 nitrogen and oxygen atoms in total. The summed E-state index contributed by atoms with van der Waals surface area (Å²) in [5.74, 6) is -0.613. The van der Waals surface area contributed by atoms with E-state index in [1.54, 1.807) is 0 Å². The van der Waals surface area contributed by atoms with E-state index >= 15 is 0 Å². The zero-order valence-electron chi connectivity index (χ0n) is 11.5. The van der Waals surface area contributed by atoms with Crippen molar-refractivity contribution < 1.29 is 32.6 Å². The van der Waals surface area contributed by atoms with Crippen molar-refractivity contribution in [3.63, 3.8) is 0 Å². The van der Waals surface area contributed by atoms with Crippen LogP contribution < -0.4 is 0 Å². The van der Waals surface area contributed by atoms with Crippen molar-refractivity contribution >= 4 is 16.1 Å². The first kappa shape index (κ1) is 17.4. The second-order valence-corrected chi connectivity index (χ2v) is 6.90. The van der Waals surface area contributed by atoms with Crippen molar-refractivity contribution in [2.45, 2.75) is 69.3 Å². The molecular formula is C12H22O7S. The fourth-order valence-electron chi connectivity index (χ4n) is 2.16. The van der Waals surface area contributed by atoms with Gasteiger partial charge in [0.1, 0.15) is 11.4 Å². The van der Waals surface area contributed by atoms with Crippen LogP contribution in [0.2, 0.25) is 0 Å². The van der Waals surface area contributed by atoms with Gasteiger partial charge in [0, 0.05) is 6.42 Å². The molecule has 2 N–H and O–H groups in total. The highest BCUT2D eigenvalue weighted by atomic mass is 32.2. The van der Waals surface area contributed by atoms with Gasteiger partial charge in [0.2, 0.25) is 0 Å². The van der Waals surface area contributed by atoms with Crippen molar-refractivity contribution in [3.05, 3.63) is 0 Å². The van der Waals surface area contributed by atoms with Gasteiger partial charge in [-0.15, -0.1) is 0 Å². The molecule has 1 aliphatic heterocycles. The minimum Gasteiger partial charge on any atom is -0.368 e. The van der Waals surface area contributed by atoms with E-state index in [2.05, 4.69) is 4.89 Å². The van der Waals surface area contributed by atoms with Crippen LogP contribution >= 0.6 is 0 Å². The van der Waals surface area contributed by atoms with Crippen LogP contribution in [0, 0.1) is 0 Å². The molecule has 8 heteroatoms. The lowest BCUT2D eigenvalue weighted by molar-refractivity contribution is -0.234. The number of epoxide rings is 1. The van der Waals surface area contributed by atoms with Crippen molar-refractivity contribution in [2.24, 2.45) is 0 Å². The smallest absolute Gasteiger partial charge is 0.342 e. The summed E-state index contributed by atoms with van der Waals surface area (Å²) >= 11 is 0. The molecule has 1 heterocycles. The molecule has 1 aliphatic rings. The highest BCUT2D eigenvalue weighted by Crippen LogP contribution is 2.32. The largest absolute Gasteiger partial charge is 0.368 e. The summed E-state index contributed by atoms with van der Waals surface area (Å²) in [5, 5.41) is 7.18. The summed E-state index contributed by atoms with van der Waals surface area (Å²) < 4.78 is 35.9. The Bertz CT molecular complexity index is 406. The topological polar surface area (TPSA) is 113 Å². The van der Waals surface area contributed by atoms with Crippen LogP contribution in [0.5, 0.6) is 0 Å². The molecule has 0 aromatic rings. The van der Waals surface area contributed by atoms with E-state index in [0.29, 0.717) is 6.42 Å². The molecule has 118 valence electrons. The van der Waals surface area contributed by atoms with Crippen LogP contribution in [0.25, 0.3) is 0 Å². The SMILES string of the molecule is CC(C1OC1CCCCCCCC(=O)OO)S(=O)(=O)O. The number of rotatable bonds is 10. The molecule has 1 fully saturated rings. The summed E-state index contributed by atoms with van der Waals surface area (Å²) in [6.07, 6.45) is 4.96. The molecule has 0 aromatic carbocycles. The maximum absolute atomic E-state index is 10.9. The second-order valence-electron chi connectivity index (χ2n) is 5.13. The van der Waals surface area contributed by atoms with Gasteiger partial charge in [0.15, 0.2) is 0 Å². The van der Waals surface area contributed by atoms with Gasteiger partial charge in [-0.2, -0.15) is 13.7 Å². The lowest BCUT2D eigenvalue weighted by Crippen LogP contribution is -2.24. The number of hydrogen-bond donors (Lipinski definition) is 2. The molecule has 0 bridgehead atoms. The maximum Gasteiger partial charge on any atom is 0.342 e. The van der Waals surface area contributed by atoms with Crippen molar-refractivity contribution in [1.29, 1.82) is 0 Å². The molecule has 0 spiro atoms. The van der Waals surface area contributed by atoms with Crippen LogP contribution in [0.1, 0.15) is 51.9 Å². The Morgan fingerprint density at radius 1 is 1.25 bits per heavy atom. The van der Waals surface area contributed by atoms with Gasteiger partial charge in [-0.1, -0.05) is 25.7 Å². The van der Waals surface area contributed by atoms with Crippen molar-refractivity contribution in [1.82, 2.24) is 0 Å². The average molecular weight is 310 g/mol. The number of hydrogen-bond acceptors (Lipinski definition) is 6. The monoisotopic (exact) mass is 310 g/mol. The molecular weight excluding hydrogens is 288 g/mol. The van der Waals surface area contributed by atoms with E-state index in [1.807, 2.05) is 0 Å². The third kappa shape index (κ3) is 6.17. The van der Waals surface area contributed by atoms with E-state index in [4.69, 9.17) is 14.5 Å². The molecule has 3 unspecified atom stereocenters. The number of ether oxygens (including phenoxy) is 1. The Kier molecular flexibility index (Phi) is 6.87. The Morgan fingerprint density at radius 3 is 2.45 bits per heavy atom. The van der Waals surface area contributed by atoms with Gasteiger partial charge in [-0.3, -0.25) is 4.55 Å². The fraction of sp³-hybridized carbons (Fsp3) is 0.917. The van der Waals surface area contributed by atoms with E-state index in [0.717, 1.165) is 32.1 Å². The molecule has 0 saturated carbocycles. The Morgan fingerprint density at radius 2 is 1.85 bits per heavy atom. The quantitative estimate of drug-likeness (QED) is 0.208. The van der Waals surface area contributed by atoms with Crippen LogP contribution in [0.3, 0.4) is 0 Å². The first-order chi connectivity index (χ1) is 9.36. The third-order valence-electron chi connectivity index (χ3n) is 3.53. The van der Waals surface area contributed by atoms with Gasteiger partial charge in [0.25, 0.3) is 10.1 Å². The van der Waals surface area contributed by atoms with E-state index in [9.17, 15) is 13.2 Å². The second kappa shape index (κ2) is 7.92. The third-order valence-corrected chi connectivity index (χ3v) is 4.73. The van der Waals surface area contributed by atoms with E-state index in [1.165, 1.54) is 6.92 Å². The molecule has 0 amide bonds. The predicted molar refractivity (Wildman–Crippen MR) is 70.7 cm³/mol. The fourth-order valence-corrected chi connectivity index (χ4v) is 2.74. The van der Waals surface area contributed by atoms with Gasteiger partial charge >= 0.3 is 5.97 Å². The Hall–Kier alpha value is -0.700. The highest BCUT2D eigenvalue weighted by molar-refractivity contribution is 7.86. The summed E-state index contributed by atoms with van der Waals surface area (Å²) in [4.78, 5) is 14.2. The van der Waals surface area contributed by atoms with Gasteiger partial charge in [-0.25, -0.2) is 4.79 Å². The van der Waals surface area contributed by atoms with Gasteiger partial charge in [-0.05, 0) is 19.8 Å². The number of carbonyl (C=O) groups is 1. The summed E-state index contributed by atoms with van der Waals surface area (Å²) in [6.45, 7) is 1.44. The first-order valence-electron chi connectivity index (χ1n) is 6.82.